The van der Waals surface area contributed by atoms with Gasteiger partial charge in [0.1, 0.15) is 24.1 Å². The normalized spacial score (nSPS) is 33.4. The Bertz CT molecular complexity index is 364. The molecule has 5 heteroatoms. The second-order valence-electron chi connectivity index (χ2n) is 4.18. The van der Waals surface area contributed by atoms with Crippen molar-refractivity contribution in [2.45, 2.75) is 31.5 Å². The van der Waals surface area contributed by atoms with Crippen LogP contribution >= 0.6 is 0 Å². The summed E-state index contributed by atoms with van der Waals surface area (Å²) in [6, 6.07) is 7.25. The average molecular weight is 240 g/mol. The molecular formula is C12H16O5. The highest BCUT2D eigenvalue weighted by Crippen LogP contribution is 2.20. The van der Waals surface area contributed by atoms with Crippen LogP contribution in [-0.2, 0) is 4.74 Å². The summed E-state index contributed by atoms with van der Waals surface area (Å²) in [5, 5.41) is 28.4. The molecule has 0 aliphatic carbocycles. The molecule has 94 valence electrons. The second kappa shape index (κ2) is 5.01. The number of hydrogen-bond acceptors (Lipinski definition) is 5. The van der Waals surface area contributed by atoms with E-state index in [1.807, 2.05) is 19.1 Å². The van der Waals surface area contributed by atoms with Crippen molar-refractivity contribution in [2.24, 2.45) is 0 Å². The molecule has 3 N–H and O–H groups in total. The Kier molecular flexibility index (Phi) is 3.63. The Labute approximate surface area is 99.2 Å². The third kappa shape index (κ3) is 2.76. The van der Waals surface area contributed by atoms with Gasteiger partial charge in [-0.25, -0.2) is 0 Å². The van der Waals surface area contributed by atoms with E-state index in [9.17, 15) is 15.3 Å². The van der Waals surface area contributed by atoms with Crippen molar-refractivity contribution in [3.63, 3.8) is 0 Å². The molecule has 2 rings (SSSR count). The van der Waals surface area contributed by atoms with Crippen molar-refractivity contribution >= 4 is 0 Å². The Morgan fingerprint density at radius 3 is 2.41 bits per heavy atom. The Morgan fingerprint density at radius 2 is 1.76 bits per heavy atom. The quantitative estimate of drug-likeness (QED) is 0.668. The van der Waals surface area contributed by atoms with E-state index in [0.717, 1.165) is 5.56 Å². The highest BCUT2D eigenvalue weighted by molar-refractivity contribution is 5.26. The Morgan fingerprint density at radius 1 is 1.12 bits per heavy atom. The van der Waals surface area contributed by atoms with Gasteiger partial charge in [-0.1, -0.05) is 17.7 Å². The van der Waals surface area contributed by atoms with Crippen LogP contribution in [0.3, 0.4) is 0 Å². The second-order valence-corrected chi connectivity index (χ2v) is 4.18. The first kappa shape index (κ1) is 12.3. The monoisotopic (exact) mass is 240 g/mol. The molecular weight excluding hydrogens is 224 g/mol. The number of rotatable bonds is 2. The fraction of sp³-hybridized carbons (Fsp3) is 0.500. The van der Waals surface area contributed by atoms with Crippen LogP contribution in [0, 0.1) is 6.92 Å². The van der Waals surface area contributed by atoms with Gasteiger partial charge in [0.2, 0.25) is 6.29 Å². The van der Waals surface area contributed by atoms with E-state index in [2.05, 4.69) is 0 Å². The molecule has 4 atom stereocenters. The average Bonchev–Trinajstić information content (AvgIpc) is 2.33. The molecule has 0 aromatic heterocycles. The zero-order valence-electron chi connectivity index (χ0n) is 9.48. The fourth-order valence-electron chi connectivity index (χ4n) is 1.63. The van der Waals surface area contributed by atoms with E-state index in [1.54, 1.807) is 12.1 Å². The Hall–Kier alpha value is -1.14. The minimum absolute atomic E-state index is 0.0608. The van der Waals surface area contributed by atoms with Gasteiger partial charge in [-0.15, -0.1) is 0 Å². The van der Waals surface area contributed by atoms with Crippen LogP contribution in [0.25, 0.3) is 0 Å². The number of hydrogen-bond donors (Lipinski definition) is 3. The molecule has 0 radical (unpaired) electrons. The molecule has 0 bridgehead atoms. The molecule has 0 amide bonds. The third-order valence-electron chi connectivity index (χ3n) is 2.73. The van der Waals surface area contributed by atoms with Gasteiger partial charge in [0, 0.05) is 0 Å². The molecule has 5 nitrogen and oxygen atoms in total. The van der Waals surface area contributed by atoms with E-state index in [0.29, 0.717) is 5.75 Å². The lowest BCUT2D eigenvalue weighted by Gasteiger charge is -2.34. The highest BCUT2D eigenvalue weighted by Gasteiger charge is 2.38. The maximum atomic E-state index is 9.66. The van der Waals surface area contributed by atoms with Crippen molar-refractivity contribution < 1.29 is 24.8 Å². The zero-order chi connectivity index (χ0) is 12.4. The molecule has 17 heavy (non-hydrogen) atoms. The lowest BCUT2D eigenvalue weighted by Crippen LogP contribution is -2.54. The summed E-state index contributed by atoms with van der Waals surface area (Å²) in [6.07, 6.45) is -4.56. The number of benzene rings is 1. The molecule has 1 saturated heterocycles. The summed E-state index contributed by atoms with van der Waals surface area (Å²) in [7, 11) is 0. The van der Waals surface area contributed by atoms with Crippen molar-refractivity contribution in [3.8, 4) is 5.75 Å². The van der Waals surface area contributed by atoms with Gasteiger partial charge >= 0.3 is 0 Å². The molecule has 4 unspecified atom stereocenters. The van der Waals surface area contributed by atoms with Gasteiger partial charge in [-0.2, -0.15) is 0 Å². The standard InChI is InChI=1S/C12H16O5/c1-7-2-4-8(5-3-7)17-12-11(15)10(14)9(13)6-16-12/h2-5,9-15H,6H2,1H3. The van der Waals surface area contributed by atoms with Crippen LogP contribution in [0.4, 0.5) is 0 Å². The summed E-state index contributed by atoms with van der Waals surface area (Å²) in [5.74, 6) is 0.545. The van der Waals surface area contributed by atoms with Crippen molar-refractivity contribution in [1.29, 1.82) is 0 Å². The van der Waals surface area contributed by atoms with Gasteiger partial charge in [0.25, 0.3) is 0 Å². The van der Waals surface area contributed by atoms with Gasteiger partial charge in [-0.3, -0.25) is 0 Å². The van der Waals surface area contributed by atoms with Crippen LogP contribution in [-0.4, -0.2) is 46.5 Å². The van der Waals surface area contributed by atoms with Crippen molar-refractivity contribution in [1.82, 2.24) is 0 Å². The summed E-state index contributed by atoms with van der Waals surface area (Å²) < 4.78 is 10.5. The first-order valence-electron chi connectivity index (χ1n) is 5.47. The van der Waals surface area contributed by atoms with E-state index in [4.69, 9.17) is 9.47 Å². The first-order valence-corrected chi connectivity index (χ1v) is 5.47. The van der Waals surface area contributed by atoms with E-state index < -0.39 is 24.6 Å². The van der Waals surface area contributed by atoms with Gasteiger partial charge in [-0.05, 0) is 19.1 Å². The summed E-state index contributed by atoms with van der Waals surface area (Å²) in [4.78, 5) is 0. The largest absolute Gasteiger partial charge is 0.462 e. The Balaban J connectivity index is 2.01. The molecule has 1 aromatic rings. The van der Waals surface area contributed by atoms with Crippen molar-refractivity contribution in [2.75, 3.05) is 6.61 Å². The molecule has 1 aromatic carbocycles. The highest BCUT2D eigenvalue weighted by atomic mass is 16.7. The third-order valence-corrected chi connectivity index (χ3v) is 2.73. The van der Waals surface area contributed by atoms with Gasteiger partial charge in [0.05, 0.1) is 6.61 Å². The lowest BCUT2D eigenvalue weighted by atomic mass is 10.1. The summed E-state index contributed by atoms with van der Waals surface area (Å²) in [5.41, 5.74) is 1.10. The summed E-state index contributed by atoms with van der Waals surface area (Å²) in [6.45, 7) is 1.89. The minimum Gasteiger partial charge on any atom is -0.462 e. The molecule has 0 saturated carbocycles. The van der Waals surface area contributed by atoms with Crippen LogP contribution in [0.15, 0.2) is 24.3 Å². The van der Waals surface area contributed by atoms with Crippen LogP contribution < -0.4 is 4.74 Å². The first-order chi connectivity index (χ1) is 8.08. The van der Waals surface area contributed by atoms with E-state index in [-0.39, 0.29) is 6.61 Å². The molecule has 1 aliphatic rings. The maximum absolute atomic E-state index is 9.66. The van der Waals surface area contributed by atoms with Crippen molar-refractivity contribution in [3.05, 3.63) is 29.8 Å². The smallest absolute Gasteiger partial charge is 0.228 e. The number of ether oxygens (including phenoxy) is 2. The van der Waals surface area contributed by atoms with Gasteiger partial charge < -0.3 is 24.8 Å². The van der Waals surface area contributed by atoms with Crippen LogP contribution in [0.1, 0.15) is 5.56 Å². The van der Waals surface area contributed by atoms with E-state index >= 15 is 0 Å². The molecule has 1 fully saturated rings. The SMILES string of the molecule is Cc1ccc(OC2OCC(O)C(O)C2O)cc1. The number of aryl methyl sites for hydroxylation is 1. The lowest BCUT2D eigenvalue weighted by molar-refractivity contribution is -0.242. The topological polar surface area (TPSA) is 79.2 Å². The van der Waals surface area contributed by atoms with E-state index in [1.165, 1.54) is 0 Å². The fourth-order valence-corrected chi connectivity index (χ4v) is 1.63. The number of aliphatic hydroxyl groups excluding tert-OH is 3. The predicted octanol–water partition coefficient (Wildman–Crippen LogP) is -0.187. The van der Waals surface area contributed by atoms with Crippen LogP contribution in [0.5, 0.6) is 5.75 Å². The molecule has 1 heterocycles. The van der Waals surface area contributed by atoms with Crippen LogP contribution in [0.2, 0.25) is 0 Å². The number of aliphatic hydroxyl groups is 3. The van der Waals surface area contributed by atoms with Gasteiger partial charge in [0.15, 0.2) is 0 Å². The molecule has 0 spiro atoms. The zero-order valence-corrected chi connectivity index (χ0v) is 9.48. The minimum atomic E-state index is -1.26. The summed E-state index contributed by atoms with van der Waals surface area (Å²) >= 11 is 0. The maximum Gasteiger partial charge on any atom is 0.228 e. The predicted molar refractivity (Wildman–Crippen MR) is 59.6 cm³/mol. The molecule has 1 aliphatic heterocycles.